The first-order valence-corrected chi connectivity index (χ1v) is 9.72. The van der Waals surface area contributed by atoms with Crippen LogP contribution >= 0.6 is 11.3 Å². The molecule has 1 fully saturated rings. The van der Waals surface area contributed by atoms with Crippen molar-refractivity contribution in [3.8, 4) is 11.5 Å². The molecule has 1 aromatic carbocycles. The van der Waals surface area contributed by atoms with Crippen LogP contribution in [0.2, 0.25) is 0 Å². The summed E-state index contributed by atoms with van der Waals surface area (Å²) in [6, 6.07) is 9.61. The van der Waals surface area contributed by atoms with E-state index < -0.39 is 4.92 Å². The maximum absolute atomic E-state index is 12.6. The van der Waals surface area contributed by atoms with E-state index in [-0.39, 0.29) is 11.6 Å². The molecule has 4 rings (SSSR count). The number of carbonyl (C=O) groups excluding carboxylic acids is 1. The second kappa shape index (κ2) is 7.91. The Hall–Kier alpha value is -3.04. The van der Waals surface area contributed by atoms with E-state index in [9.17, 15) is 14.9 Å². The minimum atomic E-state index is -0.486. The van der Waals surface area contributed by atoms with E-state index in [2.05, 4.69) is 9.88 Å². The summed E-state index contributed by atoms with van der Waals surface area (Å²) in [5.41, 5.74) is 1.12. The summed E-state index contributed by atoms with van der Waals surface area (Å²) in [4.78, 5) is 31.7. The van der Waals surface area contributed by atoms with Crippen LogP contribution in [0.4, 0.5) is 5.69 Å². The van der Waals surface area contributed by atoms with Gasteiger partial charge in [-0.05, 0) is 18.2 Å². The fraction of sp³-hybridized carbons (Fsp3) is 0.263. The van der Waals surface area contributed by atoms with Crippen LogP contribution in [-0.4, -0.2) is 51.8 Å². The second-order valence-corrected chi connectivity index (χ2v) is 7.42. The summed E-state index contributed by atoms with van der Waals surface area (Å²) in [5.74, 6) is 0.590. The number of aromatic nitrogens is 1. The van der Waals surface area contributed by atoms with Crippen LogP contribution in [0.5, 0.6) is 0 Å². The van der Waals surface area contributed by atoms with Crippen molar-refractivity contribution in [2.75, 3.05) is 26.2 Å². The molecule has 0 N–H and O–H groups in total. The summed E-state index contributed by atoms with van der Waals surface area (Å²) >= 11 is 1.59. The average molecular weight is 398 g/mol. The number of furan rings is 1. The number of nitro groups is 1. The SMILES string of the molecule is O=C(c1cccc([N+](=O)[O-])c1)N1CCN(Cc2nc(-c3ccco3)cs2)CC1. The van der Waals surface area contributed by atoms with Gasteiger partial charge in [0.25, 0.3) is 11.6 Å². The van der Waals surface area contributed by atoms with Crippen LogP contribution in [0.25, 0.3) is 11.5 Å². The van der Waals surface area contributed by atoms with E-state index in [1.165, 1.54) is 12.1 Å². The summed E-state index contributed by atoms with van der Waals surface area (Å²) in [7, 11) is 0. The molecule has 144 valence electrons. The van der Waals surface area contributed by atoms with Crippen molar-refractivity contribution in [1.29, 1.82) is 0 Å². The fourth-order valence-electron chi connectivity index (χ4n) is 3.16. The van der Waals surface area contributed by atoms with Crippen molar-refractivity contribution in [1.82, 2.24) is 14.8 Å². The van der Waals surface area contributed by atoms with Crippen molar-refractivity contribution >= 4 is 22.9 Å². The summed E-state index contributed by atoms with van der Waals surface area (Å²) in [6.07, 6.45) is 1.63. The number of carbonyl (C=O) groups is 1. The first-order chi connectivity index (χ1) is 13.6. The topological polar surface area (TPSA) is 92.7 Å². The van der Waals surface area contributed by atoms with Gasteiger partial charge < -0.3 is 9.32 Å². The van der Waals surface area contributed by atoms with Crippen molar-refractivity contribution in [2.45, 2.75) is 6.54 Å². The lowest BCUT2D eigenvalue weighted by Gasteiger charge is -2.34. The normalized spacial score (nSPS) is 14.9. The average Bonchev–Trinajstić information content (AvgIpc) is 3.40. The van der Waals surface area contributed by atoms with Crippen molar-refractivity contribution in [2.24, 2.45) is 0 Å². The van der Waals surface area contributed by atoms with Crippen LogP contribution in [0.15, 0.2) is 52.5 Å². The Kier molecular flexibility index (Phi) is 5.18. The molecule has 0 unspecified atom stereocenters. The molecule has 1 aliphatic rings. The molecule has 0 saturated carbocycles. The van der Waals surface area contributed by atoms with Gasteiger partial charge in [-0.2, -0.15) is 0 Å². The number of hydrogen-bond donors (Lipinski definition) is 0. The first kappa shape index (κ1) is 18.3. The van der Waals surface area contributed by atoms with Gasteiger partial charge >= 0.3 is 0 Å². The van der Waals surface area contributed by atoms with Crippen molar-refractivity contribution < 1.29 is 14.1 Å². The predicted molar refractivity (Wildman–Crippen MR) is 104 cm³/mol. The van der Waals surface area contributed by atoms with Gasteiger partial charge in [0, 0.05) is 49.3 Å². The molecule has 3 heterocycles. The maximum atomic E-state index is 12.6. The Labute approximate surface area is 165 Å². The monoisotopic (exact) mass is 398 g/mol. The Bertz CT molecular complexity index is 978. The number of thiazole rings is 1. The summed E-state index contributed by atoms with van der Waals surface area (Å²) in [5, 5.41) is 13.9. The highest BCUT2D eigenvalue weighted by molar-refractivity contribution is 7.09. The van der Waals surface area contributed by atoms with Crippen LogP contribution in [0, 0.1) is 10.1 Å². The van der Waals surface area contributed by atoms with Gasteiger partial charge in [-0.25, -0.2) is 4.98 Å². The molecule has 0 bridgehead atoms. The lowest BCUT2D eigenvalue weighted by atomic mass is 10.1. The summed E-state index contributed by atoms with van der Waals surface area (Å²) in [6.45, 7) is 3.35. The molecule has 0 spiro atoms. The molecular weight excluding hydrogens is 380 g/mol. The van der Waals surface area contributed by atoms with Crippen LogP contribution in [0.3, 0.4) is 0 Å². The predicted octanol–water partition coefficient (Wildman–Crippen LogP) is 3.27. The van der Waals surface area contributed by atoms with Gasteiger partial charge in [0.1, 0.15) is 10.7 Å². The maximum Gasteiger partial charge on any atom is 0.270 e. The molecule has 1 amide bonds. The molecule has 1 saturated heterocycles. The quantitative estimate of drug-likeness (QED) is 0.484. The van der Waals surface area contributed by atoms with Crippen molar-refractivity contribution in [3.05, 3.63) is 68.7 Å². The zero-order valence-corrected chi connectivity index (χ0v) is 15.8. The molecule has 0 aliphatic carbocycles. The number of hydrogen-bond acceptors (Lipinski definition) is 7. The van der Waals surface area contributed by atoms with Gasteiger partial charge in [0.15, 0.2) is 5.76 Å². The molecule has 9 heteroatoms. The Morgan fingerprint density at radius 1 is 1.21 bits per heavy atom. The third-order valence-electron chi connectivity index (χ3n) is 4.65. The first-order valence-electron chi connectivity index (χ1n) is 8.84. The van der Waals surface area contributed by atoms with Crippen LogP contribution < -0.4 is 0 Å². The smallest absolute Gasteiger partial charge is 0.270 e. The molecule has 8 nitrogen and oxygen atoms in total. The molecule has 3 aromatic rings. The van der Waals surface area contributed by atoms with Gasteiger partial charge in [-0.3, -0.25) is 19.8 Å². The second-order valence-electron chi connectivity index (χ2n) is 6.48. The Morgan fingerprint density at radius 2 is 2.04 bits per heavy atom. The number of non-ortho nitro benzene ring substituents is 1. The fourth-order valence-corrected chi connectivity index (χ4v) is 3.98. The lowest BCUT2D eigenvalue weighted by molar-refractivity contribution is -0.384. The van der Waals surface area contributed by atoms with E-state index in [0.29, 0.717) is 18.7 Å². The Morgan fingerprint density at radius 3 is 2.75 bits per heavy atom. The third-order valence-corrected chi connectivity index (χ3v) is 5.48. The number of rotatable bonds is 5. The lowest BCUT2D eigenvalue weighted by Crippen LogP contribution is -2.48. The number of nitro benzene ring substituents is 1. The molecule has 1 aliphatic heterocycles. The highest BCUT2D eigenvalue weighted by Gasteiger charge is 2.24. The van der Waals surface area contributed by atoms with E-state index in [4.69, 9.17) is 4.42 Å². The minimum Gasteiger partial charge on any atom is -0.463 e. The molecular formula is C19H18N4O4S. The largest absolute Gasteiger partial charge is 0.463 e. The van der Waals surface area contributed by atoms with Crippen molar-refractivity contribution in [3.63, 3.8) is 0 Å². The number of amides is 1. The third kappa shape index (κ3) is 3.95. The highest BCUT2D eigenvalue weighted by atomic mass is 32.1. The minimum absolute atomic E-state index is 0.0689. The molecule has 0 atom stereocenters. The number of benzene rings is 1. The number of nitrogens with zero attached hydrogens (tertiary/aromatic N) is 4. The van der Waals surface area contributed by atoms with Gasteiger partial charge in [0.05, 0.1) is 17.7 Å². The summed E-state index contributed by atoms with van der Waals surface area (Å²) < 4.78 is 5.37. The van der Waals surface area contributed by atoms with E-state index in [0.717, 1.165) is 36.1 Å². The Balaban J connectivity index is 1.34. The molecule has 0 radical (unpaired) electrons. The van der Waals surface area contributed by atoms with E-state index >= 15 is 0 Å². The molecule has 2 aromatic heterocycles. The standard InChI is InChI=1S/C19H18N4O4S/c24-19(14-3-1-4-15(11-14)23(25)26)22-8-6-21(7-9-22)12-18-20-16(13-28-18)17-5-2-10-27-17/h1-5,10-11,13H,6-9,12H2. The van der Waals surface area contributed by atoms with Gasteiger partial charge in [0.2, 0.25) is 0 Å². The van der Waals surface area contributed by atoms with Crippen LogP contribution in [0.1, 0.15) is 15.4 Å². The zero-order valence-electron chi connectivity index (χ0n) is 15.0. The van der Waals surface area contributed by atoms with E-state index in [1.54, 1.807) is 34.6 Å². The highest BCUT2D eigenvalue weighted by Crippen LogP contribution is 2.23. The number of piperazine rings is 1. The molecule has 28 heavy (non-hydrogen) atoms. The van der Waals surface area contributed by atoms with Gasteiger partial charge in [-0.1, -0.05) is 6.07 Å². The van der Waals surface area contributed by atoms with Crippen LogP contribution in [-0.2, 0) is 6.54 Å². The van der Waals surface area contributed by atoms with Gasteiger partial charge in [-0.15, -0.1) is 11.3 Å². The zero-order chi connectivity index (χ0) is 19.5. The van der Waals surface area contributed by atoms with E-state index in [1.807, 2.05) is 17.5 Å².